The Hall–Kier alpha value is -3.03. The topological polar surface area (TPSA) is 73.8 Å². The first-order chi connectivity index (χ1) is 14.4. The largest absolute Gasteiger partial charge is 0.351 e. The second kappa shape index (κ2) is 8.01. The first kappa shape index (κ1) is 20.3. The summed E-state index contributed by atoms with van der Waals surface area (Å²) < 4.78 is 4.24. The van der Waals surface area contributed by atoms with Crippen LogP contribution in [0, 0.1) is 0 Å². The number of benzene rings is 2. The van der Waals surface area contributed by atoms with Crippen molar-refractivity contribution < 1.29 is 0 Å². The summed E-state index contributed by atoms with van der Waals surface area (Å²) >= 11 is 12.1. The SMILES string of the molecule is Cn1c(NCc2ccccc2Cl)nc2c1c(=O)n(Cc1ccc(Cl)cc1)c(=O)n2C. The number of nitrogens with zero attached hydrogens (tertiary/aromatic N) is 4. The summed E-state index contributed by atoms with van der Waals surface area (Å²) in [4.78, 5) is 30.5. The van der Waals surface area contributed by atoms with E-state index < -0.39 is 11.2 Å². The number of anilines is 1. The van der Waals surface area contributed by atoms with Crippen molar-refractivity contribution in [2.75, 3.05) is 5.32 Å². The number of hydrogen-bond acceptors (Lipinski definition) is 4. The predicted octanol–water partition coefficient (Wildman–Crippen LogP) is 3.40. The molecular weight excluding hydrogens is 425 g/mol. The summed E-state index contributed by atoms with van der Waals surface area (Å²) in [6.45, 7) is 0.579. The van der Waals surface area contributed by atoms with Crippen molar-refractivity contribution in [1.29, 1.82) is 0 Å². The van der Waals surface area contributed by atoms with Gasteiger partial charge in [0, 0.05) is 30.7 Å². The van der Waals surface area contributed by atoms with Gasteiger partial charge < -0.3 is 9.88 Å². The molecule has 4 rings (SSSR count). The molecule has 0 bridgehead atoms. The maximum atomic E-state index is 13.1. The second-order valence-corrected chi connectivity index (χ2v) is 7.81. The van der Waals surface area contributed by atoms with Gasteiger partial charge in [-0.15, -0.1) is 0 Å². The molecule has 0 saturated heterocycles. The van der Waals surface area contributed by atoms with Crippen molar-refractivity contribution in [3.63, 3.8) is 0 Å². The monoisotopic (exact) mass is 443 g/mol. The molecule has 154 valence electrons. The number of aryl methyl sites for hydroxylation is 2. The molecule has 0 aliphatic rings. The van der Waals surface area contributed by atoms with Gasteiger partial charge in [0.15, 0.2) is 11.2 Å². The first-order valence-electron chi connectivity index (χ1n) is 9.25. The minimum Gasteiger partial charge on any atom is -0.351 e. The van der Waals surface area contributed by atoms with E-state index in [1.54, 1.807) is 42.9 Å². The Bertz CT molecular complexity index is 1350. The van der Waals surface area contributed by atoms with E-state index in [4.69, 9.17) is 23.2 Å². The zero-order valence-electron chi connectivity index (χ0n) is 16.4. The lowest BCUT2D eigenvalue weighted by atomic mass is 10.2. The van der Waals surface area contributed by atoms with Crippen molar-refractivity contribution in [1.82, 2.24) is 18.7 Å². The number of hydrogen-bond donors (Lipinski definition) is 1. The van der Waals surface area contributed by atoms with Gasteiger partial charge in [-0.2, -0.15) is 4.98 Å². The third-order valence-electron chi connectivity index (χ3n) is 5.01. The molecule has 0 aliphatic carbocycles. The zero-order chi connectivity index (χ0) is 21.4. The number of halogens is 2. The van der Waals surface area contributed by atoms with Crippen LogP contribution in [0.4, 0.5) is 5.95 Å². The average molecular weight is 444 g/mol. The lowest BCUT2D eigenvalue weighted by molar-refractivity contribution is 0.655. The normalized spacial score (nSPS) is 11.2. The maximum Gasteiger partial charge on any atom is 0.332 e. The Balaban J connectivity index is 1.75. The maximum absolute atomic E-state index is 13.1. The van der Waals surface area contributed by atoms with Gasteiger partial charge in [0.05, 0.1) is 6.54 Å². The van der Waals surface area contributed by atoms with Crippen molar-refractivity contribution in [2.45, 2.75) is 13.1 Å². The van der Waals surface area contributed by atoms with Crippen LogP contribution in [0.2, 0.25) is 10.0 Å². The van der Waals surface area contributed by atoms with E-state index in [-0.39, 0.29) is 6.54 Å². The molecule has 0 amide bonds. The van der Waals surface area contributed by atoms with Crippen LogP contribution < -0.4 is 16.6 Å². The fourth-order valence-electron chi connectivity index (χ4n) is 3.33. The highest BCUT2D eigenvalue weighted by atomic mass is 35.5. The van der Waals surface area contributed by atoms with Crippen molar-refractivity contribution in [2.24, 2.45) is 14.1 Å². The predicted molar refractivity (Wildman–Crippen MR) is 120 cm³/mol. The summed E-state index contributed by atoms with van der Waals surface area (Å²) in [7, 11) is 3.34. The molecular formula is C21H19Cl2N5O2. The van der Waals surface area contributed by atoms with Crippen LogP contribution >= 0.6 is 23.2 Å². The van der Waals surface area contributed by atoms with Gasteiger partial charge in [-0.05, 0) is 29.3 Å². The number of fused-ring (bicyclic) bond motifs is 1. The van der Waals surface area contributed by atoms with Crippen LogP contribution in [0.25, 0.3) is 11.2 Å². The number of aromatic nitrogens is 4. The van der Waals surface area contributed by atoms with E-state index >= 15 is 0 Å². The third-order valence-corrected chi connectivity index (χ3v) is 5.63. The van der Waals surface area contributed by atoms with Gasteiger partial charge in [0.1, 0.15) is 0 Å². The standard InChI is InChI=1S/C21H19Cl2N5O2/c1-26-17-18(25-20(26)24-11-14-5-3-4-6-16(14)23)27(2)21(30)28(19(17)29)12-13-7-9-15(22)10-8-13/h3-10H,11-12H2,1-2H3,(H,24,25). The molecule has 2 aromatic carbocycles. The Labute approximate surface area is 182 Å². The molecule has 0 fully saturated rings. The van der Waals surface area contributed by atoms with E-state index in [9.17, 15) is 9.59 Å². The average Bonchev–Trinajstić information content (AvgIpc) is 3.07. The molecule has 0 saturated carbocycles. The number of rotatable bonds is 5. The molecule has 4 aromatic rings. The lowest BCUT2D eigenvalue weighted by Gasteiger charge is -2.09. The van der Waals surface area contributed by atoms with E-state index in [2.05, 4.69) is 10.3 Å². The highest BCUT2D eigenvalue weighted by molar-refractivity contribution is 6.31. The second-order valence-electron chi connectivity index (χ2n) is 6.97. The van der Waals surface area contributed by atoms with Crippen LogP contribution in [-0.4, -0.2) is 18.7 Å². The molecule has 30 heavy (non-hydrogen) atoms. The van der Waals surface area contributed by atoms with Gasteiger partial charge in [-0.25, -0.2) is 4.79 Å². The minimum atomic E-state index is -0.432. The molecule has 0 atom stereocenters. The molecule has 0 spiro atoms. The van der Waals surface area contributed by atoms with E-state index in [0.29, 0.717) is 33.7 Å². The summed E-state index contributed by atoms with van der Waals surface area (Å²) in [5.74, 6) is 0.473. The van der Waals surface area contributed by atoms with Gasteiger partial charge in [-0.1, -0.05) is 53.5 Å². The third kappa shape index (κ3) is 3.62. The van der Waals surface area contributed by atoms with Crippen LogP contribution in [0.15, 0.2) is 58.1 Å². The molecule has 1 N–H and O–H groups in total. The Kier molecular flexibility index (Phi) is 5.40. The fraction of sp³-hybridized carbons (Fsp3) is 0.190. The van der Waals surface area contributed by atoms with Crippen LogP contribution in [0.1, 0.15) is 11.1 Å². The molecule has 2 aromatic heterocycles. The van der Waals surface area contributed by atoms with E-state index in [1.165, 1.54) is 9.13 Å². The summed E-state index contributed by atoms with van der Waals surface area (Å²) in [5.41, 5.74) is 1.54. The lowest BCUT2D eigenvalue weighted by Crippen LogP contribution is -2.39. The quantitative estimate of drug-likeness (QED) is 0.512. The fourth-order valence-corrected chi connectivity index (χ4v) is 3.66. The van der Waals surface area contributed by atoms with Crippen molar-refractivity contribution in [3.05, 3.63) is 90.5 Å². The van der Waals surface area contributed by atoms with Crippen LogP contribution in [0.3, 0.4) is 0 Å². The van der Waals surface area contributed by atoms with E-state index in [1.807, 2.05) is 24.3 Å². The smallest absolute Gasteiger partial charge is 0.332 e. The number of nitrogens with one attached hydrogen (secondary N) is 1. The van der Waals surface area contributed by atoms with Crippen molar-refractivity contribution >= 4 is 40.3 Å². The molecule has 7 nitrogen and oxygen atoms in total. The Morgan fingerprint density at radius 3 is 2.37 bits per heavy atom. The molecule has 0 radical (unpaired) electrons. The summed E-state index contributed by atoms with van der Waals surface area (Å²) in [6, 6.07) is 14.5. The van der Waals surface area contributed by atoms with Gasteiger partial charge >= 0.3 is 5.69 Å². The minimum absolute atomic E-state index is 0.145. The first-order valence-corrected chi connectivity index (χ1v) is 10.0. The van der Waals surface area contributed by atoms with E-state index in [0.717, 1.165) is 11.1 Å². The molecule has 2 heterocycles. The van der Waals surface area contributed by atoms with Crippen LogP contribution in [0.5, 0.6) is 0 Å². The Morgan fingerprint density at radius 1 is 0.967 bits per heavy atom. The zero-order valence-corrected chi connectivity index (χ0v) is 17.9. The summed E-state index contributed by atoms with van der Waals surface area (Å²) in [6.07, 6.45) is 0. The molecule has 0 unspecified atom stereocenters. The van der Waals surface area contributed by atoms with Crippen molar-refractivity contribution in [3.8, 4) is 0 Å². The van der Waals surface area contributed by atoms with Gasteiger partial charge in [-0.3, -0.25) is 13.9 Å². The summed E-state index contributed by atoms with van der Waals surface area (Å²) in [5, 5.41) is 4.43. The van der Waals surface area contributed by atoms with Gasteiger partial charge in [0.25, 0.3) is 5.56 Å². The highest BCUT2D eigenvalue weighted by Gasteiger charge is 2.18. The molecule has 0 aliphatic heterocycles. The number of imidazole rings is 1. The highest BCUT2D eigenvalue weighted by Crippen LogP contribution is 2.18. The van der Waals surface area contributed by atoms with Gasteiger partial charge in [0.2, 0.25) is 5.95 Å². The Morgan fingerprint density at radius 2 is 1.67 bits per heavy atom. The van der Waals surface area contributed by atoms with Crippen LogP contribution in [-0.2, 0) is 27.2 Å². The molecule has 9 heteroatoms.